The summed E-state index contributed by atoms with van der Waals surface area (Å²) in [4.78, 5) is 28.0. The third kappa shape index (κ3) is 5.18. The lowest BCUT2D eigenvalue weighted by Crippen LogP contribution is -2.53. The number of carbonyl (C=O) groups excluding carboxylic acids is 1. The normalized spacial score (nSPS) is 20.6. The number of rotatable bonds is 6. The summed E-state index contributed by atoms with van der Waals surface area (Å²) >= 11 is 0. The maximum atomic E-state index is 12.9. The molecule has 0 bridgehead atoms. The molecule has 3 heterocycles. The van der Waals surface area contributed by atoms with Gasteiger partial charge in [-0.3, -0.25) is 9.69 Å². The van der Waals surface area contributed by atoms with Gasteiger partial charge in [0.05, 0.1) is 11.4 Å². The van der Waals surface area contributed by atoms with Crippen molar-refractivity contribution in [2.24, 2.45) is 10.9 Å². The van der Waals surface area contributed by atoms with E-state index < -0.39 is 0 Å². The van der Waals surface area contributed by atoms with Crippen LogP contribution in [0.5, 0.6) is 0 Å². The highest BCUT2D eigenvalue weighted by Crippen LogP contribution is 2.37. The highest BCUT2D eigenvalue weighted by molar-refractivity contribution is 6.44. The molecule has 2 fully saturated rings. The third-order valence-corrected chi connectivity index (χ3v) is 7.79. The van der Waals surface area contributed by atoms with E-state index in [9.17, 15) is 4.79 Å². The van der Waals surface area contributed by atoms with Crippen molar-refractivity contribution in [1.29, 1.82) is 0 Å². The fourth-order valence-electron chi connectivity index (χ4n) is 5.16. The van der Waals surface area contributed by atoms with Crippen LogP contribution in [0.2, 0.25) is 0 Å². The average Bonchev–Trinajstić information content (AvgIpc) is 3.34. The van der Waals surface area contributed by atoms with Crippen LogP contribution >= 0.6 is 0 Å². The van der Waals surface area contributed by atoms with Gasteiger partial charge in [0.1, 0.15) is 0 Å². The van der Waals surface area contributed by atoms with E-state index in [0.717, 1.165) is 75.9 Å². The molecule has 0 unspecified atom stereocenters. The number of nitrogens with zero attached hydrogens (tertiary/aromatic N) is 5. The number of likely N-dealkylation sites (N-methyl/N-ethyl adjacent to an activating group) is 1. The van der Waals surface area contributed by atoms with Gasteiger partial charge in [-0.15, -0.1) is 4.99 Å². The Kier molecular flexibility index (Phi) is 7.39. The Balaban J connectivity index is 1.59. The smallest absolute Gasteiger partial charge is 0.294 e. The molecule has 7 heteroatoms. The van der Waals surface area contributed by atoms with Crippen LogP contribution in [0.4, 0.5) is 11.4 Å². The third-order valence-electron chi connectivity index (χ3n) is 7.79. The second-order valence-corrected chi connectivity index (χ2v) is 10.3. The predicted molar refractivity (Wildman–Crippen MR) is 139 cm³/mol. The van der Waals surface area contributed by atoms with E-state index in [2.05, 4.69) is 75.7 Å². The van der Waals surface area contributed by atoms with E-state index in [1.165, 1.54) is 5.56 Å². The highest BCUT2D eigenvalue weighted by atomic mass is 16.1. The largest absolute Gasteiger partial charge is 0.370 e. The number of anilines is 2. The zero-order valence-electron chi connectivity index (χ0n) is 21.1. The fourth-order valence-corrected chi connectivity index (χ4v) is 5.16. The van der Waals surface area contributed by atoms with E-state index in [4.69, 9.17) is 6.57 Å². The summed E-state index contributed by atoms with van der Waals surface area (Å²) in [6, 6.07) is 6.51. The van der Waals surface area contributed by atoms with Gasteiger partial charge in [0.2, 0.25) is 0 Å². The zero-order chi connectivity index (χ0) is 24.3. The van der Waals surface area contributed by atoms with Crippen LogP contribution in [-0.4, -0.2) is 67.2 Å². The molecule has 0 aliphatic carbocycles. The van der Waals surface area contributed by atoms with E-state index in [1.807, 2.05) is 0 Å². The molecule has 4 rings (SSSR count). The van der Waals surface area contributed by atoms with Crippen LogP contribution < -0.4 is 10.2 Å². The molecule has 1 aromatic carbocycles. The maximum absolute atomic E-state index is 12.9. The topological polar surface area (TPSA) is 55.5 Å². The molecule has 0 atom stereocenters. The number of hydrogen-bond donors (Lipinski definition) is 1. The molecule has 3 aliphatic rings. The van der Waals surface area contributed by atoms with Gasteiger partial charge in [0, 0.05) is 51.2 Å². The Bertz CT molecular complexity index is 1000. The van der Waals surface area contributed by atoms with E-state index >= 15 is 0 Å². The number of carbonyl (C=O) groups is 1. The predicted octanol–water partition coefficient (Wildman–Crippen LogP) is 4.34. The van der Waals surface area contributed by atoms with Crippen molar-refractivity contribution in [2.45, 2.75) is 52.5 Å². The molecule has 0 saturated carbocycles. The number of hydrogen-bond acceptors (Lipinski definition) is 5. The first-order valence-corrected chi connectivity index (χ1v) is 12.6. The van der Waals surface area contributed by atoms with Crippen molar-refractivity contribution in [2.75, 3.05) is 56.0 Å². The van der Waals surface area contributed by atoms with Gasteiger partial charge in [0.15, 0.2) is 5.71 Å². The number of nitrogens with one attached hydrogen (secondary N) is 1. The van der Waals surface area contributed by atoms with Crippen LogP contribution in [0, 0.1) is 12.5 Å². The lowest BCUT2D eigenvalue weighted by Gasteiger charge is -2.44. The summed E-state index contributed by atoms with van der Waals surface area (Å²) in [6.07, 6.45) is 4.43. The van der Waals surface area contributed by atoms with Gasteiger partial charge in [-0.1, -0.05) is 32.6 Å². The lowest BCUT2D eigenvalue weighted by molar-refractivity contribution is -0.110. The summed E-state index contributed by atoms with van der Waals surface area (Å²) in [5.41, 5.74) is 3.51. The molecule has 0 radical (unpaired) electrons. The number of benzene rings is 1. The molecular formula is C27H38N6O. The molecule has 1 aromatic rings. The Hall–Kier alpha value is -2.69. The van der Waals surface area contributed by atoms with Gasteiger partial charge in [-0.25, -0.2) is 0 Å². The summed E-state index contributed by atoms with van der Waals surface area (Å²) < 4.78 is 0. The number of amides is 1. The highest BCUT2D eigenvalue weighted by Gasteiger charge is 2.33. The Morgan fingerprint density at radius 1 is 1.18 bits per heavy atom. The molecule has 34 heavy (non-hydrogen) atoms. The van der Waals surface area contributed by atoms with E-state index in [-0.39, 0.29) is 11.4 Å². The van der Waals surface area contributed by atoms with Crippen molar-refractivity contribution in [3.05, 3.63) is 47.1 Å². The molecule has 0 spiro atoms. The van der Waals surface area contributed by atoms with Gasteiger partial charge in [-0.05, 0) is 56.8 Å². The summed E-state index contributed by atoms with van der Waals surface area (Å²) in [6.45, 7) is 23.7. The monoisotopic (exact) mass is 462 g/mol. The fraction of sp³-hybridized carbons (Fsp3) is 0.593. The van der Waals surface area contributed by atoms with Crippen molar-refractivity contribution in [3.63, 3.8) is 0 Å². The van der Waals surface area contributed by atoms with Gasteiger partial charge >= 0.3 is 0 Å². The molecule has 2 saturated heterocycles. The van der Waals surface area contributed by atoms with Crippen molar-refractivity contribution >= 4 is 23.0 Å². The van der Waals surface area contributed by atoms with Crippen molar-refractivity contribution in [1.82, 2.24) is 9.80 Å². The van der Waals surface area contributed by atoms with Crippen molar-refractivity contribution < 1.29 is 4.79 Å². The minimum Gasteiger partial charge on any atom is -0.370 e. The molecule has 0 aromatic heterocycles. The molecule has 1 amide bonds. The first-order chi connectivity index (χ1) is 16.3. The summed E-state index contributed by atoms with van der Waals surface area (Å²) in [5.74, 6) is 0.814. The minimum absolute atomic E-state index is 0.0931. The van der Waals surface area contributed by atoms with Gasteiger partial charge in [-0.2, -0.15) is 0 Å². The number of allylic oxidation sites excluding steroid dienone is 1. The lowest BCUT2D eigenvalue weighted by atomic mass is 9.90. The molecule has 182 valence electrons. The molecular weight excluding hydrogens is 424 g/mol. The van der Waals surface area contributed by atoms with Crippen LogP contribution in [-0.2, 0) is 10.3 Å². The van der Waals surface area contributed by atoms with Gasteiger partial charge in [0.25, 0.3) is 11.7 Å². The summed E-state index contributed by atoms with van der Waals surface area (Å²) in [5, 5.41) is 3.11. The zero-order valence-corrected chi connectivity index (χ0v) is 21.1. The van der Waals surface area contributed by atoms with E-state index in [0.29, 0.717) is 18.0 Å². The number of piperazine rings is 1. The quantitative estimate of drug-likeness (QED) is 0.639. The van der Waals surface area contributed by atoms with Crippen LogP contribution in [0.3, 0.4) is 0 Å². The summed E-state index contributed by atoms with van der Waals surface area (Å²) in [7, 11) is 0. The second kappa shape index (κ2) is 10.3. The van der Waals surface area contributed by atoms with E-state index in [1.54, 1.807) is 6.08 Å². The average molecular weight is 463 g/mol. The number of aliphatic imine (C=N–C) groups is 1. The SMILES string of the molecule is [C-]#[N+]C1=CCC(C(=O)Nc2ccc(C(C)(C)N3CCN(CC)CC3)cc2N2CCC(C)CC2)=N1. The van der Waals surface area contributed by atoms with Crippen LogP contribution in [0.15, 0.2) is 35.1 Å². The minimum atomic E-state index is -0.218. The number of piperidine rings is 1. The molecule has 3 aliphatic heterocycles. The maximum Gasteiger partial charge on any atom is 0.294 e. The van der Waals surface area contributed by atoms with Crippen LogP contribution in [0.25, 0.3) is 4.85 Å². The van der Waals surface area contributed by atoms with Crippen LogP contribution in [0.1, 0.15) is 52.5 Å². The molecule has 1 N–H and O–H groups in total. The Morgan fingerprint density at radius 2 is 1.88 bits per heavy atom. The van der Waals surface area contributed by atoms with Gasteiger partial charge < -0.3 is 20.0 Å². The second-order valence-electron chi connectivity index (χ2n) is 10.3. The first kappa shape index (κ1) is 24.4. The van der Waals surface area contributed by atoms with Crippen molar-refractivity contribution in [3.8, 4) is 0 Å². The first-order valence-electron chi connectivity index (χ1n) is 12.6. The standard InChI is InChI=1S/C27H38N6O/c1-6-31-15-17-33(18-16-31)27(3,4)21-7-8-22(24(19-21)32-13-11-20(2)12-14-32)30-26(34)23-9-10-25(28-5)29-23/h7-8,10,19-20H,6,9,11-18H2,1-4H3,(H,30,34). The Labute approximate surface area is 204 Å². The molecule has 7 nitrogen and oxygen atoms in total. The Morgan fingerprint density at radius 3 is 2.50 bits per heavy atom.